The summed E-state index contributed by atoms with van der Waals surface area (Å²) in [5.74, 6) is 0.448. The molecule has 0 atom stereocenters. The highest BCUT2D eigenvalue weighted by atomic mass is 35.5. The molecule has 0 spiro atoms. The van der Waals surface area contributed by atoms with Gasteiger partial charge in [-0.2, -0.15) is 5.26 Å². The zero-order valence-corrected chi connectivity index (χ0v) is 12.6. The molecule has 3 rings (SSSR count). The van der Waals surface area contributed by atoms with Crippen LogP contribution in [0.25, 0.3) is 0 Å². The van der Waals surface area contributed by atoms with E-state index >= 15 is 0 Å². The van der Waals surface area contributed by atoms with Crippen molar-refractivity contribution in [1.29, 1.82) is 5.26 Å². The molecule has 0 unspecified atom stereocenters. The SMILES string of the molecule is N#Cc1cc(CCl)ccc1N(Cc1cccs1)C1CC1. The quantitative estimate of drug-likeness (QED) is 0.759. The number of rotatable bonds is 5. The molecule has 2 nitrogen and oxygen atoms in total. The van der Waals surface area contributed by atoms with Crippen LogP contribution in [0.3, 0.4) is 0 Å². The molecule has 0 amide bonds. The van der Waals surface area contributed by atoms with Crippen molar-refractivity contribution in [3.8, 4) is 6.07 Å². The third-order valence-electron chi connectivity index (χ3n) is 3.54. The zero-order chi connectivity index (χ0) is 13.9. The van der Waals surface area contributed by atoms with Crippen molar-refractivity contribution in [2.45, 2.75) is 31.3 Å². The molecule has 0 N–H and O–H groups in total. The topological polar surface area (TPSA) is 27.0 Å². The Balaban J connectivity index is 1.93. The van der Waals surface area contributed by atoms with Gasteiger partial charge in [-0.25, -0.2) is 0 Å². The van der Waals surface area contributed by atoms with Gasteiger partial charge in [-0.15, -0.1) is 22.9 Å². The van der Waals surface area contributed by atoms with E-state index in [1.165, 1.54) is 17.7 Å². The van der Waals surface area contributed by atoms with E-state index in [1.54, 1.807) is 11.3 Å². The Morgan fingerprint density at radius 3 is 2.80 bits per heavy atom. The number of benzene rings is 1. The summed E-state index contributed by atoms with van der Waals surface area (Å²) < 4.78 is 0. The molecule has 1 fully saturated rings. The number of hydrogen-bond donors (Lipinski definition) is 0. The van der Waals surface area contributed by atoms with Crippen LogP contribution in [-0.2, 0) is 12.4 Å². The van der Waals surface area contributed by atoms with Crippen LogP contribution in [-0.4, -0.2) is 6.04 Å². The zero-order valence-electron chi connectivity index (χ0n) is 11.1. The number of nitrogens with zero attached hydrogens (tertiary/aromatic N) is 2. The van der Waals surface area contributed by atoms with Gasteiger partial charge in [0.25, 0.3) is 0 Å². The molecule has 0 bridgehead atoms. The van der Waals surface area contributed by atoms with Crippen LogP contribution in [0.15, 0.2) is 35.7 Å². The second-order valence-corrected chi connectivity index (χ2v) is 6.33. The van der Waals surface area contributed by atoms with Crippen LogP contribution in [0.5, 0.6) is 0 Å². The van der Waals surface area contributed by atoms with Crippen molar-refractivity contribution >= 4 is 28.6 Å². The molecule has 1 saturated carbocycles. The molecule has 1 aliphatic carbocycles. The number of thiophene rings is 1. The standard InChI is InChI=1S/C16H15ClN2S/c17-9-12-3-6-16(13(8-12)10-18)19(14-4-5-14)11-15-2-1-7-20-15/h1-3,6-8,14H,4-5,9,11H2. The van der Waals surface area contributed by atoms with Crippen molar-refractivity contribution in [3.05, 3.63) is 51.7 Å². The summed E-state index contributed by atoms with van der Waals surface area (Å²) in [6.45, 7) is 0.886. The van der Waals surface area contributed by atoms with Gasteiger partial charge < -0.3 is 4.90 Å². The summed E-state index contributed by atoms with van der Waals surface area (Å²) in [5.41, 5.74) is 2.77. The van der Waals surface area contributed by atoms with Crippen LogP contribution in [0.1, 0.15) is 28.8 Å². The van der Waals surface area contributed by atoms with E-state index in [0.29, 0.717) is 11.9 Å². The maximum Gasteiger partial charge on any atom is 0.101 e. The summed E-state index contributed by atoms with van der Waals surface area (Å²) in [6, 6.07) is 13.1. The van der Waals surface area contributed by atoms with Crippen molar-refractivity contribution in [3.63, 3.8) is 0 Å². The molecular formula is C16H15ClN2S. The van der Waals surface area contributed by atoms with Gasteiger partial charge in [-0.3, -0.25) is 0 Å². The monoisotopic (exact) mass is 302 g/mol. The Hall–Kier alpha value is -1.50. The second kappa shape index (κ2) is 5.87. The van der Waals surface area contributed by atoms with Crippen LogP contribution < -0.4 is 4.90 Å². The molecule has 0 saturated heterocycles. The minimum Gasteiger partial charge on any atom is -0.362 e. The third kappa shape index (κ3) is 2.82. The predicted octanol–water partition coefficient (Wildman–Crippen LogP) is 4.53. The maximum absolute atomic E-state index is 9.40. The number of hydrogen-bond acceptors (Lipinski definition) is 3. The molecule has 1 heterocycles. The minimum atomic E-state index is 0.448. The fourth-order valence-corrected chi connectivity index (χ4v) is 3.24. The Morgan fingerprint density at radius 1 is 1.35 bits per heavy atom. The first-order chi connectivity index (χ1) is 9.81. The number of halogens is 1. The highest BCUT2D eigenvalue weighted by molar-refractivity contribution is 7.09. The first kappa shape index (κ1) is 13.5. The molecule has 20 heavy (non-hydrogen) atoms. The summed E-state index contributed by atoms with van der Waals surface area (Å²) in [7, 11) is 0. The first-order valence-electron chi connectivity index (χ1n) is 6.70. The van der Waals surface area contributed by atoms with Crippen molar-refractivity contribution < 1.29 is 0 Å². The van der Waals surface area contributed by atoms with E-state index in [4.69, 9.17) is 11.6 Å². The molecule has 102 valence electrons. The summed E-state index contributed by atoms with van der Waals surface area (Å²) >= 11 is 7.62. The van der Waals surface area contributed by atoms with Gasteiger partial charge in [0, 0.05) is 16.8 Å². The smallest absolute Gasteiger partial charge is 0.101 e. The normalized spacial score (nSPS) is 14.0. The molecule has 4 heteroatoms. The van der Waals surface area contributed by atoms with E-state index in [0.717, 1.165) is 23.4 Å². The highest BCUT2D eigenvalue weighted by Crippen LogP contribution is 2.35. The summed E-state index contributed by atoms with van der Waals surface area (Å²) in [4.78, 5) is 3.70. The predicted molar refractivity (Wildman–Crippen MR) is 84.2 cm³/mol. The molecule has 1 aliphatic rings. The van der Waals surface area contributed by atoms with Gasteiger partial charge in [0.15, 0.2) is 0 Å². The maximum atomic E-state index is 9.40. The van der Waals surface area contributed by atoms with Gasteiger partial charge in [0.1, 0.15) is 6.07 Å². The molecular weight excluding hydrogens is 288 g/mol. The third-order valence-corrected chi connectivity index (χ3v) is 4.71. The van der Waals surface area contributed by atoms with Crippen molar-refractivity contribution in [2.24, 2.45) is 0 Å². The van der Waals surface area contributed by atoms with E-state index < -0.39 is 0 Å². The largest absolute Gasteiger partial charge is 0.362 e. The molecule has 1 aromatic heterocycles. The Bertz CT molecular complexity index is 626. The number of alkyl halides is 1. The molecule has 0 radical (unpaired) electrons. The average Bonchev–Trinajstić information content (AvgIpc) is 3.21. The molecule has 1 aromatic carbocycles. The van der Waals surface area contributed by atoms with Crippen molar-refractivity contribution in [1.82, 2.24) is 0 Å². The summed E-state index contributed by atoms with van der Waals surface area (Å²) in [6.07, 6.45) is 2.43. The van der Waals surface area contributed by atoms with Crippen LogP contribution >= 0.6 is 22.9 Å². The van der Waals surface area contributed by atoms with Crippen LogP contribution in [0.2, 0.25) is 0 Å². The number of nitriles is 1. The van der Waals surface area contributed by atoms with E-state index in [2.05, 4.69) is 28.5 Å². The Morgan fingerprint density at radius 2 is 2.20 bits per heavy atom. The van der Waals surface area contributed by atoms with E-state index in [9.17, 15) is 5.26 Å². The van der Waals surface area contributed by atoms with Gasteiger partial charge in [0.05, 0.1) is 17.8 Å². The summed E-state index contributed by atoms with van der Waals surface area (Å²) in [5, 5.41) is 11.5. The second-order valence-electron chi connectivity index (χ2n) is 5.04. The molecule has 0 aliphatic heterocycles. The van der Waals surface area contributed by atoms with Crippen LogP contribution in [0, 0.1) is 11.3 Å². The highest BCUT2D eigenvalue weighted by Gasteiger charge is 2.30. The van der Waals surface area contributed by atoms with E-state index in [-0.39, 0.29) is 0 Å². The van der Waals surface area contributed by atoms with Gasteiger partial charge in [-0.05, 0) is 42.0 Å². The lowest BCUT2D eigenvalue weighted by Crippen LogP contribution is -2.25. The van der Waals surface area contributed by atoms with Crippen molar-refractivity contribution in [2.75, 3.05) is 4.90 Å². The average molecular weight is 303 g/mol. The lowest BCUT2D eigenvalue weighted by molar-refractivity contribution is 0.802. The molecule has 2 aromatic rings. The lowest BCUT2D eigenvalue weighted by Gasteiger charge is -2.25. The van der Waals surface area contributed by atoms with E-state index in [1.807, 2.05) is 18.2 Å². The number of anilines is 1. The van der Waals surface area contributed by atoms with Gasteiger partial charge >= 0.3 is 0 Å². The minimum absolute atomic E-state index is 0.448. The fourth-order valence-electron chi connectivity index (χ4n) is 2.37. The van der Waals surface area contributed by atoms with Crippen LogP contribution in [0.4, 0.5) is 5.69 Å². The first-order valence-corrected chi connectivity index (χ1v) is 8.11. The Kier molecular flexibility index (Phi) is 3.95. The fraction of sp³-hybridized carbons (Fsp3) is 0.312. The van der Waals surface area contributed by atoms with Gasteiger partial charge in [-0.1, -0.05) is 12.1 Å². The lowest BCUT2D eigenvalue weighted by atomic mass is 10.1. The van der Waals surface area contributed by atoms with Gasteiger partial charge in [0.2, 0.25) is 0 Å². The Labute approximate surface area is 128 Å².